The first-order valence-corrected chi connectivity index (χ1v) is 9.73. The highest BCUT2D eigenvalue weighted by Gasteiger charge is 2.20. The molecule has 0 radical (unpaired) electrons. The van der Waals surface area contributed by atoms with Gasteiger partial charge in [-0.05, 0) is 26.7 Å². The molecule has 9 heteroatoms. The molecule has 0 aliphatic carbocycles. The fourth-order valence-electron chi connectivity index (χ4n) is 3.42. The SMILES string of the molecule is CN=C(NCCCCn1ccnc1C)N1CCN(Cc2cc(C)on2)CC1.I. The molecule has 1 saturated heterocycles. The molecule has 0 bridgehead atoms. The number of aryl methyl sites for hydroxylation is 3. The van der Waals surface area contributed by atoms with Crippen molar-refractivity contribution >= 4 is 29.9 Å². The smallest absolute Gasteiger partial charge is 0.193 e. The fourth-order valence-corrected chi connectivity index (χ4v) is 3.42. The predicted octanol–water partition coefficient (Wildman–Crippen LogP) is 2.28. The van der Waals surface area contributed by atoms with Crippen LogP contribution in [-0.4, -0.2) is 70.2 Å². The summed E-state index contributed by atoms with van der Waals surface area (Å²) in [4.78, 5) is 13.5. The Labute approximate surface area is 184 Å². The van der Waals surface area contributed by atoms with Gasteiger partial charge in [0.15, 0.2) is 5.96 Å². The zero-order chi connectivity index (χ0) is 19.1. The highest BCUT2D eigenvalue weighted by atomic mass is 127. The van der Waals surface area contributed by atoms with Crippen LogP contribution in [0.4, 0.5) is 0 Å². The first kappa shape index (κ1) is 22.7. The average Bonchev–Trinajstić information content (AvgIpc) is 3.27. The summed E-state index contributed by atoms with van der Waals surface area (Å²) in [5.74, 6) is 2.96. The van der Waals surface area contributed by atoms with Crippen molar-refractivity contribution in [1.29, 1.82) is 0 Å². The average molecular weight is 501 g/mol. The summed E-state index contributed by atoms with van der Waals surface area (Å²) in [7, 11) is 1.86. The maximum absolute atomic E-state index is 5.16. The third-order valence-electron chi connectivity index (χ3n) is 4.98. The van der Waals surface area contributed by atoms with Crippen molar-refractivity contribution in [3.63, 3.8) is 0 Å². The van der Waals surface area contributed by atoms with Crippen molar-refractivity contribution in [2.45, 2.75) is 39.8 Å². The summed E-state index contributed by atoms with van der Waals surface area (Å²) in [6.45, 7) is 10.8. The van der Waals surface area contributed by atoms with Gasteiger partial charge >= 0.3 is 0 Å². The summed E-state index contributed by atoms with van der Waals surface area (Å²) in [6.07, 6.45) is 6.15. The van der Waals surface area contributed by atoms with Gasteiger partial charge < -0.3 is 19.3 Å². The third kappa shape index (κ3) is 6.47. The van der Waals surface area contributed by atoms with E-state index in [2.05, 4.69) is 34.8 Å². The van der Waals surface area contributed by atoms with E-state index in [1.807, 2.05) is 39.4 Å². The minimum absolute atomic E-state index is 0. The van der Waals surface area contributed by atoms with Crippen molar-refractivity contribution in [3.05, 3.63) is 35.7 Å². The molecule has 28 heavy (non-hydrogen) atoms. The normalized spacial score (nSPS) is 15.5. The van der Waals surface area contributed by atoms with Crippen molar-refractivity contribution in [3.8, 4) is 0 Å². The van der Waals surface area contributed by atoms with Gasteiger partial charge in [-0.1, -0.05) is 5.16 Å². The molecule has 0 saturated carbocycles. The number of aliphatic imine (C=N–C) groups is 1. The highest BCUT2D eigenvalue weighted by molar-refractivity contribution is 14.0. The van der Waals surface area contributed by atoms with Crippen molar-refractivity contribution in [2.75, 3.05) is 39.8 Å². The second-order valence-corrected chi connectivity index (χ2v) is 7.04. The molecule has 1 aliphatic rings. The summed E-state index contributed by atoms with van der Waals surface area (Å²) in [5.41, 5.74) is 1.01. The van der Waals surface area contributed by atoms with Gasteiger partial charge in [-0.25, -0.2) is 4.98 Å². The monoisotopic (exact) mass is 501 g/mol. The number of halogens is 1. The molecule has 0 amide bonds. The second kappa shape index (κ2) is 11.4. The number of hydrogen-bond acceptors (Lipinski definition) is 5. The van der Waals surface area contributed by atoms with E-state index >= 15 is 0 Å². The lowest BCUT2D eigenvalue weighted by Crippen LogP contribution is -2.52. The number of imidazole rings is 1. The number of nitrogens with one attached hydrogen (secondary N) is 1. The maximum atomic E-state index is 5.16. The lowest BCUT2D eigenvalue weighted by atomic mass is 10.3. The van der Waals surface area contributed by atoms with E-state index in [0.29, 0.717) is 0 Å². The van der Waals surface area contributed by atoms with Gasteiger partial charge in [0.25, 0.3) is 0 Å². The van der Waals surface area contributed by atoms with Crippen molar-refractivity contribution < 1.29 is 4.52 Å². The molecule has 2 aromatic rings. The minimum atomic E-state index is 0. The summed E-state index contributed by atoms with van der Waals surface area (Å²) < 4.78 is 7.35. The maximum Gasteiger partial charge on any atom is 0.193 e. The van der Waals surface area contributed by atoms with Gasteiger partial charge in [0.1, 0.15) is 11.6 Å². The fraction of sp³-hybridized carbons (Fsp3) is 0.632. The predicted molar refractivity (Wildman–Crippen MR) is 121 cm³/mol. The molecular formula is C19H32IN7O. The van der Waals surface area contributed by atoms with Crippen LogP contribution in [0.15, 0.2) is 28.0 Å². The van der Waals surface area contributed by atoms with Gasteiger partial charge in [0.05, 0.1) is 5.69 Å². The minimum Gasteiger partial charge on any atom is -0.361 e. The molecular weight excluding hydrogens is 469 g/mol. The van der Waals surface area contributed by atoms with Crippen LogP contribution in [0.3, 0.4) is 0 Å². The summed E-state index contributed by atoms with van der Waals surface area (Å²) in [5, 5.41) is 7.60. The van der Waals surface area contributed by atoms with Crippen molar-refractivity contribution in [1.82, 2.24) is 29.8 Å². The molecule has 8 nitrogen and oxygen atoms in total. The number of unbranched alkanes of at least 4 members (excludes halogenated alkanes) is 1. The van der Waals surface area contributed by atoms with E-state index in [4.69, 9.17) is 4.52 Å². The lowest BCUT2D eigenvalue weighted by molar-refractivity contribution is 0.169. The standard InChI is InChI=1S/C19H31N7O.HI/c1-16-14-18(23-27-16)15-24-10-12-26(13-11-24)19(20-3)22-6-4-5-8-25-9-7-21-17(25)2;/h7,9,14H,4-6,8,10-13,15H2,1-3H3,(H,20,22);1H. The molecule has 1 N–H and O–H groups in total. The topological polar surface area (TPSA) is 74.7 Å². The molecule has 1 aliphatic heterocycles. The molecule has 0 aromatic carbocycles. The number of rotatable bonds is 7. The van der Waals surface area contributed by atoms with Gasteiger partial charge in [0, 0.05) is 71.3 Å². The molecule has 2 aromatic heterocycles. The van der Waals surface area contributed by atoms with Crippen LogP contribution in [0.2, 0.25) is 0 Å². The third-order valence-corrected chi connectivity index (χ3v) is 4.98. The Morgan fingerprint density at radius 1 is 1.21 bits per heavy atom. The Bertz CT molecular complexity index is 734. The summed E-state index contributed by atoms with van der Waals surface area (Å²) >= 11 is 0. The molecule has 156 valence electrons. The van der Waals surface area contributed by atoms with Crippen LogP contribution in [-0.2, 0) is 13.1 Å². The number of piperazine rings is 1. The van der Waals surface area contributed by atoms with Gasteiger partial charge in [0.2, 0.25) is 0 Å². The Kier molecular flexibility index (Phi) is 9.23. The molecule has 0 unspecified atom stereocenters. The van der Waals surface area contributed by atoms with Crippen LogP contribution >= 0.6 is 24.0 Å². The van der Waals surface area contributed by atoms with E-state index in [1.165, 1.54) is 0 Å². The van der Waals surface area contributed by atoms with E-state index in [0.717, 1.165) is 81.9 Å². The van der Waals surface area contributed by atoms with Crippen molar-refractivity contribution in [2.24, 2.45) is 4.99 Å². The molecule has 3 rings (SSSR count). The summed E-state index contributed by atoms with van der Waals surface area (Å²) in [6, 6.07) is 2.01. The Morgan fingerprint density at radius 2 is 2.00 bits per heavy atom. The van der Waals surface area contributed by atoms with Crippen LogP contribution in [0.1, 0.15) is 30.1 Å². The quantitative estimate of drug-likeness (QED) is 0.272. The number of aromatic nitrogens is 3. The van der Waals surface area contributed by atoms with Crippen LogP contribution in [0, 0.1) is 13.8 Å². The second-order valence-electron chi connectivity index (χ2n) is 7.04. The number of guanidine groups is 1. The zero-order valence-corrected chi connectivity index (χ0v) is 19.4. The Morgan fingerprint density at radius 3 is 2.61 bits per heavy atom. The van der Waals surface area contributed by atoms with Crippen LogP contribution < -0.4 is 5.32 Å². The van der Waals surface area contributed by atoms with Gasteiger partial charge in [-0.2, -0.15) is 0 Å². The van der Waals surface area contributed by atoms with E-state index < -0.39 is 0 Å². The molecule has 0 spiro atoms. The van der Waals surface area contributed by atoms with E-state index in [1.54, 1.807) is 0 Å². The largest absolute Gasteiger partial charge is 0.361 e. The first-order chi connectivity index (χ1) is 13.2. The molecule has 3 heterocycles. The van der Waals surface area contributed by atoms with Crippen LogP contribution in [0.25, 0.3) is 0 Å². The van der Waals surface area contributed by atoms with E-state index in [9.17, 15) is 0 Å². The van der Waals surface area contributed by atoms with E-state index in [-0.39, 0.29) is 24.0 Å². The Hall–Kier alpha value is -1.62. The Balaban J connectivity index is 0.00000280. The van der Waals surface area contributed by atoms with Crippen LogP contribution in [0.5, 0.6) is 0 Å². The first-order valence-electron chi connectivity index (χ1n) is 9.73. The molecule has 1 fully saturated rings. The van der Waals surface area contributed by atoms with Gasteiger partial charge in [-0.3, -0.25) is 9.89 Å². The highest BCUT2D eigenvalue weighted by Crippen LogP contribution is 2.09. The van der Waals surface area contributed by atoms with Gasteiger partial charge in [-0.15, -0.1) is 24.0 Å². The number of hydrogen-bond donors (Lipinski definition) is 1. The molecule has 0 atom stereocenters. The lowest BCUT2D eigenvalue weighted by Gasteiger charge is -2.36. The number of nitrogens with zero attached hydrogens (tertiary/aromatic N) is 6. The zero-order valence-electron chi connectivity index (χ0n) is 17.1.